The van der Waals surface area contributed by atoms with Crippen LogP contribution in [0.1, 0.15) is 37.7 Å². The first-order valence-corrected chi connectivity index (χ1v) is 10.1. The van der Waals surface area contributed by atoms with Crippen LogP contribution in [0.25, 0.3) is 0 Å². The Kier molecular flexibility index (Phi) is 7.35. The number of nitrogens with one attached hydrogen (secondary N) is 2. The molecule has 6 heteroatoms. The summed E-state index contributed by atoms with van der Waals surface area (Å²) in [7, 11) is 3.52. The first-order valence-electron chi connectivity index (χ1n) is 10.1. The maximum atomic E-state index is 6.01. The quantitative estimate of drug-likeness (QED) is 0.566. The second-order valence-electron chi connectivity index (χ2n) is 7.59. The van der Waals surface area contributed by atoms with Crippen LogP contribution >= 0.6 is 0 Å². The highest BCUT2D eigenvalue weighted by Crippen LogP contribution is 2.22. The fraction of sp³-hybridized carbons (Fsp3) is 0.667. The fourth-order valence-corrected chi connectivity index (χ4v) is 3.95. The zero-order chi connectivity index (χ0) is 19.1. The molecular weight excluding hydrogens is 340 g/mol. The largest absolute Gasteiger partial charge is 0.497 e. The third-order valence-corrected chi connectivity index (χ3v) is 5.74. The average Bonchev–Trinajstić information content (AvgIpc) is 3.18. The van der Waals surface area contributed by atoms with Gasteiger partial charge in [-0.3, -0.25) is 9.89 Å². The predicted octanol–water partition coefficient (Wildman–Crippen LogP) is 2.22. The molecule has 2 aliphatic rings. The molecule has 0 aromatic heterocycles. The number of fused-ring (bicyclic) bond motifs is 1. The van der Waals surface area contributed by atoms with E-state index in [9.17, 15) is 0 Å². The number of aliphatic imine (C=N–C) groups is 1. The topological polar surface area (TPSA) is 58.1 Å². The minimum atomic E-state index is 0.246. The molecule has 0 aliphatic carbocycles. The first kappa shape index (κ1) is 20.0. The smallest absolute Gasteiger partial charge is 0.191 e. The minimum Gasteiger partial charge on any atom is -0.497 e. The third kappa shape index (κ3) is 5.59. The molecular formula is C21H34N4O2. The highest BCUT2D eigenvalue weighted by molar-refractivity contribution is 5.79. The van der Waals surface area contributed by atoms with Gasteiger partial charge < -0.3 is 20.1 Å². The molecule has 27 heavy (non-hydrogen) atoms. The van der Waals surface area contributed by atoms with E-state index >= 15 is 0 Å². The molecule has 150 valence electrons. The van der Waals surface area contributed by atoms with Gasteiger partial charge in [-0.25, -0.2) is 0 Å². The summed E-state index contributed by atoms with van der Waals surface area (Å²) >= 11 is 0. The van der Waals surface area contributed by atoms with Crippen LogP contribution in [0.15, 0.2) is 29.3 Å². The Bertz CT molecular complexity index is 605. The Morgan fingerprint density at radius 1 is 1.33 bits per heavy atom. The van der Waals surface area contributed by atoms with Crippen LogP contribution in [0, 0.1) is 0 Å². The first-order chi connectivity index (χ1) is 13.2. The van der Waals surface area contributed by atoms with E-state index < -0.39 is 0 Å². The SMILES string of the molecule is CN=C(NCCC(C)c1ccc(OC)cc1)NCC1CN2CCCC2CO1. The summed E-state index contributed by atoms with van der Waals surface area (Å²) in [6, 6.07) is 8.98. The summed E-state index contributed by atoms with van der Waals surface area (Å²) in [6.07, 6.45) is 3.89. The van der Waals surface area contributed by atoms with Gasteiger partial charge in [0.25, 0.3) is 0 Å². The van der Waals surface area contributed by atoms with Gasteiger partial charge in [-0.15, -0.1) is 0 Å². The molecule has 2 heterocycles. The summed E-state index contributed by atoms with van der Waals surface area (Å²) in [4.78, 5) is 6.91. The lowest BCUT2D eigenvalue weighted by atomic mass is 9.98. The van der Waals surface area contributed by atoms with Gasteiger partial charge in [0.05, 0.1) is 19.8 Å². The molecule has 1 aromatic carbocycles. The molecule has 2 aliphatic heterocycles. The lowest BCUT2D eigenvalue weighted by Crippen LogP contribution is -2.51. The fourth-order valence-electron chi connectivity index (χ4n) is 3.95. The number of methoxy groups -OCH3 is 1. The number of rotatable bonds is 7. The normalized spacial score (nSPS) is 24.3. The highest BCUT2D eigenvalue weighted by atomic mass is 16.5. The van der Waals surface area contributed by atoms with E-state index in [-0.39, 0.29) is 6.10 Å². The molecule has 2 fully saturated rings. The Hall–Kier alpha value is -1.79. The van der Waals surface area contributed by atoms with E-state index in [1.54, 1.807) is 7.11 Å². The molecule has 2 saturated heterocycles. The second-order valence-corrected chi connectivity index (χ2v) is 7.59. The Labute approximate surface area is 163 Å². The third-order valence-electron chi connectivity index (χ3n) is 5.74. The van der Waals surface area contributed by atoms with E-state index in [1.807, 2.05) is 19.2 Å². The van der Waals surface area contributed by atoms with Crippen molar-refractivity contribution in [2.24, 2.45) is 4.99 Å². The molecule has 0 saturated carbocycles. The lowest BCUT2D eigenvalue weighted by molar-refractivity contribution is -0.0453. The highest BCUT2D eigenvalue weighted by Gasteiger charge is 2.32. The Morgan fingerprint density at radius 2 is 2.15 bits per heavy atom. The van der Waals surface area contributed by atoms with Crippen LogP contribution in [-0.4, -0.2) is 69.9 Å². The standard InChI is InChI=1S/C21H34N4O2/c1-16(17-6-8-19(26-3)9-7-17)10-11-23-21(22-2)24-13-20-14-25-12-4-5-18(25)15-27-20/h6-9,16,18,20H,4-5,10-15H2,1-3H3,(H2,22,23,24). The van der Waals surface area contributed by atoms with Crippen LogP contribution in [0.2, 0.25) is 0 Å². The maximum absolute atomic E-state index is 6.01. The predicted molar refractivity (Wildman–Crippen MR) is 110 cm³/mol. The monoisotopic (exact) mass is 374 g/mol. The van der Waals surface area contributed by atoms with Gasteiger partial charge in [-0.2, -0.15) is 0 Å². The number of morpholine rings is 1. The molecule has 0 bridgehead atoms. The van der Waals surface area contributed by atoms with E-state index in [2.05, 4.69) is 39.6 Å². The van der Waals surface area contributed by atoms with Crippen molar-refractivity contribution in [2.45, 2.75) is 44.2 Å². The van der Waals surface area contributed by atoms with Gasteiger partial charge >= 0.3 is 0 Å². The van der Waals surface area contributed by atoms with E-state index in [0.717, 1.165) is 44.4 Å². The minimum absolute atomic E-state index is 0.246. The summed E-state index contributed by atoms with van der Waals surface area (Å²) in [5, 5.41) is 6.84. The van der Waals surface area contributed by atoms with Gasteiger partial charge in [0.2, 0.25) is 0 Å². The van der Waals surface area contributed by atoms with Gasteiger partial charge in [0.15, 0.2) is 5.96 Å². The number of ether oxygens (including phenoxy) is 2. The number of nitrogens with zero attached hydrogens (tertiary/aromatic N) is 2. The Morgan fingerprint density at radius 3 is 2.89 bits per heavy atom. The molecule has 3 unspecified atom stereocenters. The number of guanidine groups is 1. The maximum Gasteiger partial charge on any atom is 0.191 e. The van der Waals surface area contributed by atoms with E-state index in [1.165, 1.54) is 24.9 Å². The number of hydrogen-bond acceptors (Lipinski definition) is 4. The van der Waals surface area contributed by atoms with Crippen LogP contribution in [0.4, 0.5) is 0 Å². The summed E-state index contributed by atoms with van der Waals surface area (Å²) in [5.74, 6) is 2.23. The zero-order valence-corrected chi connectivity index (χ0v) is 16.9. The lowest BCUT2D eigenvalue weighted by Gasteiger charge is -2.35. The van der Waals surface area contributed by atoms with Crippen molar-refractivity contribution in [2.75, 3.05) is 46.9 Å². The molecule has 3 atom stereocenters. The van der Waals surface area contributed by atoms with Gasteiger partial charge in [0.1, 0.15) is 5.75 Å². The van der Waals surface area contributed by atoms with Gasteiger partial charge in [-0.1, -0.05) is 19.1 Å². The van der Waals surface area contributed by atoms with Gasteiger partial charge in [0, 0.05) is 32.7 Å². The Balaban J connectivity index is 1.36. The van der Waals surface area contributed by atoms with Crippen molar-refractivity contribution in [1.29, 1.82) is 0 Å². The zero-order valence-electron chi connectivity index (χ0n) is 16.9. The molecule has 1 aromatic rings. The van der Waals surface area contributed by atoms with Crippen LogP contribution in [-0.2, 0) is 4.74 Å². The van der Waals surface area contributed by atoms with Crippen molar-refractivity contribution in [3.05, 3.63) is 29.8 Å². The molecule has 0 amide bonds. The van der Waals surface area contributed by atoms with E-state index in [0.29, 0.717) is 12.0 Å². The second kappa shape index (κ2) is 9.95. The molecule has 6 nitrogen and oxygen atoms in total. The van der Waals surface area contributed by atoms with Crippen molar-refractivity contribution < 1.29 is 9.47 Å². The van der Waals surface area contributed by atoms with Crippen LogP contribution in [0.5, 0.6) is 5.75 Å². The average molecular weight is 375 g/mol. The van der Waals surface area contributed by atoms with Crippen molar-refractivity contribution in [3.63, 3.8) is 0 Å². The number of hydrogen-bond donors (Lipinski definition) is 2. The van der Waals surface area contributed by atoms with Crippen LogP contribution < -0.4 is 15.4 Å². The molecule has 0 radical (unpaired) electrons. The number of benzene rings is 1. The van der Waals surface area contributed by atoms with Gasteiger partial charge in [-0.05, 0) is 49.4 Å². The molecule has 3 rings (SSSR count). The van der Waals surface area contributed by atoms with Crippen molar-refractivity contribution >= 4 is 5.96 Å². The summed E-state index contributed by atoms with van der Waals surface area (Å²) < 4.78 is 11.2. The van der Waals surface area contributed by atoms with Crippen molar-refractivity contribution in [1.82, 2.24) is 15.5 Å². The molecule has 2 N–H and O–H groups in total. The van der Waals surface area contributed by atoms with Crippen LogP contribution in [0.3, 0.4) is 0 Å². The summed E-state index contributed by atoms with van der Waals surface area (Å²) in [5.41, 5.74) is 1.33. The van der Waals surface area contributed by atoms with Crippen molar-refractivity contribution in [3.8, 4) is 5.75 Å². The molecule has 0 spiro atoms. The summed E-state index contributed by atoms with van der Waals surface area (Å²) in [6.45, 7) is 7.06. The van der Waals surface area contributed by atoms with E-state index in [4.69, 9.17) is 9.47 Å².